The van der Waals surface area contributed by atoms with E-state index in [1.165, 1.54) is 6.08 Å². The zero-order valence-corrected chi connectivity index (χ0v) is 27.3. The molecule has 2 aromatic carbocycles. The summed E-state index contributed by atoms with van der Waals surface area (Å²) in [5.74, 6) is -2.53. The summed E-state index contributed by atoms with van der Waals surface area (Å²) in [6.45, 7) is 9.12. The summed E-state index contributed by atoms with van der Waals surface area (Å²) < 4.78 is 23.6. The van der Waals surface area contributed by atoms with Gasteiger partial charge in [-0.05, 0) is 43.4 Å². The molecular formula is C36H46N2O8. The van der Waals surface area contributed by atoms with Gasteiger partial charge in [0.1, 0.15) is 18.2 Å². The zero-order valence-electron chi connectivity index (χ0n) is 27.3. The fourth-order valence-corrected chi connectivity index (χ4v) is 5.23. The summed E-state index contributed by atoms with van der Waals surface area (Å²) >= 11 is 0. The van der Waals surface area contributed by atoms with E-state index in [0.29, 0.717) is 0 Å². The molecule has 1 fully saturated rings. The fraction of sp³-hybridized carbons (Fsp3) is 0.500. The average Bonchev–Trinajstić information content (AvgIpc) is 3.83. The average molecular weight is 635 g/mol. The number of carbonyl (C=O) groups is 4. The molecule has 2 aromatic rings. The molecule has 2 heterocycles. The lowest BCUT2D eigenvalue weighted by Crippen LogP contribution is -2.52. The highest BCUT2D eigenvalue weighted by Crippen LogP contribution is 2.45. The highest BCUT2D eigenvalue weighted by Gasteiger charge is 2.48. The van der Waals surface area contributed by atoms with Crippen molar-refractivity contribution in [2.45, 2.75) is 84.5 Å². The monoisotopic (exact) mass is 634 g/mol. The highest BCUT2D eigenvalue weighted by molar-refractivity contribution is 5.93. The van der Waals surface area contributed by atoms with Crippen molar-refractivity contribution in [3.63, 3.8) is 0 Å². The molecule has 46 heavy (non-hydrogen) atoms. The number of cyclic esters (lactones) is 2. The third kappa shape index (κ3) is 9.99. The van der Waals surface area contributed by atoms with Gasteiger partial charge < -0.3 is 29.6 Å². The van der Waals surface area contributed by atoms with Crippen LogP contribution in [0.15, 0.2) is 72.8 Å². The number of rotatable bonds is 9. The summed E-state index contributed by atoms with van der Waals surface area (Å²) in [6.07, 6.45) is 1.27. The van der Waals surface area contributed by atoms with Crippen LogP contribution >= 0.6 is 0 Å². The minimum Gasteiger partial charge on any atom is -0.459 e. The molecule has 4 rings (SSSR count). The van der Waals surface area contributed by atoms with E-state index < -0.39 is 47.4 Å². The summed E-state index contributed by atoms with van der Waals surface area (Å²) in [7, 11) is 0. The van der Waals surface area contributed by atoms with Crippen molar-refractivity contribution in [2.75, 3.05) is 13.2 Å². The van der Waals surface area contributed by atoms with Gasteiger partial charge in [-0.25, -0.2) is 4.79 Å². The van der Waals surface area contributed by atoms with E-state index in [9.17, 15) is 19.2 Å². The molecule has 2 amide bonds. The lowest BCUT2D eigenvalue weighted by atomic mass is 9.93. The first-order valence-corrected chi connectivity index (χ1v) is 15.9. The van der Waals surface area contributed by atoms with Crippen molar-refractivity contribution in [2.24, 2.45) is 17.3 Å². The van der Waals surface area contributed by atoms with Crippen molar-refractivity contribution >= 4 is 23.8 Å². The number of esters is 2. The Balaban J connectivity index is 1.55. The third-order valence-electron chi connectivity index (χ3n) is 8.15. The smallest absolute Gasteiger partial charge is 0.347 e. The molecule has 0 spiro atoms. The Hall–Kier alpha value is -4.02. The maximum atomic E-state index is 13.5. The number of amides is 2. The summed E-state index contributed by atoms with van der Waals surface area (Å²) in [4.78, 5) is 53.2. The summed E-state index contributed by atoms with van der Waals surface area (Å²) in [6, 6.07) is 18.3. The predicted molar refractivity (Wildman–Crippen MR) is 171 cm³/mol. The highest BCUT2D eigenvalue weighted by atomic mass is 16.6. The van der Waals surface area contributed by atoms with E-state index in [4.69, 9.17) is 18.9 Å². The molecule has 2 aliphatic rings. The Bertz CT molecular complexity index is 1360. The largest absolute Gasteiger partial charge is 0.459 e. The fourth-order valence-electron chi connectivity index (χ4n) is 5.23. The molecule has 1 unspecified atom stereocenters. The zero-order chi connectivity index (χ0) is 33.3. The van der Waals surface area contributed by atoms with Gasteiger partial charge >= 0.3 is 11.9 Å². The molecule has 2 N–H and O–H groups in total. The second kappa shape index (κ2) is 16.0. The molecule has 10 heteroatoms. The van der Waals surface area contributed by atoms with Crippen molar-refractivity contribution in [3.05, 3.63) is 83.9 Å². The normalized spacial score (nSPS) is 27.1. The first-order chi connectivity index (χ1) is 21.9. The number of carbonyl (C=O) groups excluding carboxylic acids is 4. The van der Waals surface area contributed by atoms with Crippen LogP contribution in [-0.4, -0.2) is 61.3 Å². The first-order valence-electron chi connectivity index (χ1n) is 15.9. The Kier molecular flexibility index (Phi) is 12.1. The summed E-state index contributed by atoms with van der Waals surface area (Å²) in [5.41, 5.74) is 0.770. The van der Waals surface area contributed by atoms with Crippen LogP contribution in [0.5, 0.6) is 0 Å². The molecule has 0 radical (unpaired) electrons. The number of benzene rings is 2. The molecule has 0 saturated carbocycles. The van der Waals surface area contributed by atoms with Crippen molar-refractivity contribution in [1.82, 2.24) is 10.6 Å². The Labute approximate surface area is 271 Å². The standard InChI is InChI=1S/C36H46N2O8/c1-23(2)19-29-34(41)44-28(24(3)31-32(46-31)26-15-10-7-11-16-26)17-12-18-30(39)38-27(21-43-20-25-13-8-6-9-14-25)33(40)37-22-36(4,5)35(42)45-29/h6-16,18,23-24,27-29,31-32H,17,19-22H2,1-5H3,(H,37,40)(H,38,39)/b18-12+/t24-,27+,28-,29?,31+,32+/m0/s1. The molecule has 0 aromatic heterocycles. The van der Waals surface area contributed by atoms with Crippen LogP contribution in [0.3, 0.4) is 0 Å². The van der Waals surface area contributed by atoms with Crippen molar-refractivity contribution in [3.8, 4) is 0 Å². The molecule has 248 valence electrons. The van der Waals surface area contributed by atoms with E-state index in [1.54, 1.807) is 19.9 Å². The van der Waals surface area contributed by atoms with Crippen LogP contribution in [-0.2, 0) is 44.7 Å². The Morgan fingerprint density at radius 1 is 0.935 bits per heavy atom. The van der Waals surface area contributed by atoms with Crippen molar-refractivity contribution in [1.29, 1.82) is 0 Å². The van der Waals surface area contributed by atoms with Crippen LogP contribution in [0.25, 0.3) is 0 Å². The van der Waals surface area contributed by atoms with Gasteiger partial charge in [0.15, 0.2) is 6.10 Å². The van der Waals surface area contributed by atoms with Crippen molar-refractivity contribution < 1.29 is 38.1 Å². The molecule has 2 aliphatic heterocycles. The van der Waals surface area contributed by atoms with Crippen LogP contribution in [0.2, 0.25) is 0 Å². The summed E-state index contributed by atoms with van der Waals surface area (Å²) in [5, 5.41) is 5.45. The maximum Gasteiger partial charge on any atom is 0.347 e. The lowest BCUT2D eigenvalue weighted by Gasteiger charge is -2.29. The maximum absolute atomic E-state index is 13.5. The molecular weight excluding hydrogens is 588 g/mol. The lowest BCUT2D eigenvalue weighted by molar-refractivity contribution is -0.179. The van der Waals surface area contributed by atoms with E-state index in [1.807, 2.05) is 81.4 Å². The van der Waals surface area contributed by atoms with E-state index >= 15 is 0 Å². The van der Waals surface area contributed by atoms with Crippen LogP contribution in [0, 0.1) is 17.3 Å². The van der Waals surface area contributed by atoms with Gasteiger partial charge in [-0.2, -0.15) is 0 Å². The van der Waals surface area contributed by atoms with Gasteiger partial charge in [-0.3, -0.25) is 14.4 Å². The van der Waals surface area contributed by atoms with Gasteiger partial charge in [0.2, 0.25) is 11.8 Å². The van der Waals surface area contributed by atoms with Gasteiger partial charge in [0, 0.05) is 18.9 Å². The third-order valence-corrected chi connectivity index (χ3v) is 8.15. The van der Waals surface area contributed by atoms with Gasteiger partial charge in [0.05, 0.1) is 24.7 Å². The molecule has 0 aliphatic carbocycles. The Morgan fingerprint density at radius 2 is 1.61 bits per heavy atom. The number of hydrogen-bond acceptors (Lipinski definition) is 8. The van der Waals surface area contributed by atoms with E-state index in [2.05, 4.69) is 10.6 Å². The quantitative estimate of drug-likeness (QED) is 0.306. The van der Waals surface area contributed by atoms with E-state index in [0.717, 1.165) is 11.1 Å². The van der Waals surface area contributed by atoms with Crippen LogP contribution < -0.4 is 10.6 Å². The van der Waals surface area contributed by atoms with Gasteiger partial charge in [-0.15, -0.1) is 0 Å². The second-order valence-corrected chi connectivity index (χ2v) is 13.1. The topological polar surface area (TPSA) is 133 Å². The molecule has 10 nitrogen and oxygen atoms in total. The molecule has 6 atom stereocenters. The van der Waals surface area contributed by atoms with Crippen LogP contribution in [0.4, 0.5) is 0 Å². The van der Waals surface area contributed by atoms with E-state index in [-0.39, 0.29) is 56.6 Å². The minimum absolute atomic E-state index is 0.0316. The predicted octanol–water partition coefficient (Wildman–Crippen LogP) is 4.44. The Morgan fingerprint density at radius 3 is 2.28 bits per heavy atom. The number of epoxide rings is 1. The number of hydrogen-bond donors (Lipinski definition) is 2. The van der Waals surface area contributed by atoms with Gasteiger partial charge in [-0.1, -0.05) is 87.5 Å². The molecule has 0 bridgehead atoms. The SMILES string of the molecule is CC(C)CC1OC(=O)C(C)(C)CNC(=O)[C@@H](COCc2ccccc2)NC(=O)/C=C/C[C@@H]([C@H](C)[C@H]2O[C@@H]2c2ccccc2)OC1=O. The minimum atomic E-state index is -1.18. The number of nitrogens with one attached hydrogen (secondary N) is 2. The van der Waals surface area contributed by atoms with Crippen LogP contribution in [0.1, 0.15) is 64.7 Å². The first kappa shape index (κ1) is 34.8. The van der Waals surface area contributed by atoms with Gasteiger partial charge in [0.25, 0.3) is 0 Å². The second-order valence-electron chi connectivity index (χ2n) is 13.1. The number of ether oxygens (including phenoxy) is 4. The molecule has 1 saturated heterocycles.